The van der Waals surface area contributed by atoms with E-state index in [-0.39, 0.29) is 9.68 Å². The van der Waals surface area contributed by atoms with Crippen molar-refractivity contribution in [3.63, 3.8) is 0 Å². The van der Waals surface area contributed by atoms with E-state index in [1.165, 1.54) is 38.8 Å². The van der Waals surface area contributed by atoms with Crippen LogP contribution in [0.4, 0.5) is 0 Å². The molecule has 1 aromatic rings. The van der Waals surface area contributed by atoms with Crippen LogP contribution in [0, 0.1) is 0 Å². The highest BCUT2D eigenvalue weighted by atomic mass is 28.2. The highest BCUT2D eigenvalue weighted by Crippen LogP contribution is 1.97. The molecule has 0 unspecified atom stereocenters. The second-order valence-corrected chi connectivity index (χ2v) is 6.50. The van der Waals surface area contributed by atoms with Gasteiger partial charge in [-0.05, 0) is 31.1 Å². The molecule has 0 saturated heterocycles. The van der Waals surface area contributed by atoms with Crippen LogP contribution in [0.5, 0.6) is 0 Å². The van der Waals surface area contributed by atoms with Crippen molar-refractivity contribution >= 4 is 14.9 Å². The quantitative estimate of drug-likeness (QED) is 0.625. The molecule has 1 nitrogen and oxygen atoms in total. The number of rotatable bonds is 8. The molecule has 1 rings (SSSR count). The van der Waals surface area contributed by atoms with Crippen LogP contribution in [-0.4, -0.2) is 27.3 Å². The first-order valence-electron chi connectivity index (χ1n) is 6.63. The van der Waals surface area contributed by atoms with Crippen molar-refractivity contribution in [1.82, 2.24) is 4.57 Å². The standard InChI is InChI=1S/C14H25NSi/c1-3-5-12-15(13-6-4-2)16-14-10-8-7-9-11-14/h7-11H,3-6,12-13,16H2,1-2H3. The molecule has 0 spiro atoms. The Morgan fingerprint density at radius 3 is 2.00 bits per heavy atom. The Bertz CT molecular complexity index is 253. The number of nitrogens with zero attached hydrogens (tertiary/aromatic N) is 1. The van der Waals surface area contributed by atoms with Gasteiger partial charge in [-0.2, -0.15) is 0 Å². The maximum Gasteiger partial charge on any atom is 0.127 e. The lowest BCUT2D eigenvalue weighted by atomic mass is 10.3. The van der Waals surface area contributed by atoms with Gasteiger partial charge in [0.25, 0.3) is 0 Å². The van der Waals surface area contributed by atoms with Crippen LogP contribution < -0.4 is 5.19 Å². The first-order chi connectivity index (χ1) is 7.86. The molecule has 0 radical (unpaired) electrons. The van der Waals surface area contributed by atoms with Gasteiger partial charge in [-0.3, -0.25) is 0 Å². The summed E-state index contributed by atoms with van der Waals surface area (Å²) in [6.07, 6.45) is 5.32. The average Bonchev–Trinajstić information content (AvgIpc) is 2.34. The molecule has 0 aliphatic heterocycles. The van der Waals surface area contributed by atoms with E-state index < -0.39 is 0 Å². The van der Waals surface area contributed by atoms with Gasteiger partial charge in [-0.15, -0.1) is 0 Å². The molecular weight excluding hydrogens is 210 g/mol. The Labute approximate surface area is 103 Å². The van der Waals surface area contributed by atoms with E-state index in [0.717, 1.165) is 0 Å². The molecule has 0 amide bonds. The molecule has 0 heterocycles. The monoisotopic (exact) mass is 235 g/mol. The minimum atomic E-state index is -0.205. The Morgan fingerprint density at radius 1 is 0.938 bits per heavy atom. The Morgan fingerprint density at radius 2 is 1.50 bits per heavy atom. The molecule has 16 heavy (non-hydrogen) atoms. The van der Waals surface area contributed by atoms with E-state index in [0.29, 0.717) is 0 Å². The zero-order valence-electron chi connectivity index (χ0n) is 10.8. The summed E-state index contributed by atoms with van der Waals surface area (Å²) >= 11 is 0. The molecule has 0 N–H and O–H groups in total. The first kappa shape index (κ1) is 13.5. The van der Waals surface area contributed by atoms with Crippen molar-refractivity contribution < 1.29 is 0 Å². The maximum atomic E-state index is 2.72. The summed E-state index contributed by atoms with van der Waals surface area (Å²) < 4.78 is 2.72. The van der Waals surface area contributed by atoms with Crippen LogP contribution in [0.15, 0.2) is 30.3 Å². The van der Waals surface area contributed by atoms with Gasteiger partial charge in [0.1, 0.15) is 9.68 Å². The molecule has 1 aromatic carbocycles. The average molecular weight is 235 g/mol. The van der Waals surface area contributed by atoms with Crippen LogP contribution >= 0.6 is 0 Å². The molecular formula is C14H25NSi. The van der Waals surface area contributed by atoms with Crippen molar-refractivity contribution in [2.24, 2.45) is 0 Å². The largest absolute Gasteiger partial charge is 0.325 e. The molecule has 0 aromatic heterocycles. The normalized spacial score (nSPS) is 11.7. The zero-order valence-corrected chi connectivity index (χ0v) is 12.2. The smallest absolute Gasteiger partial charge is 0.127 e. The van der Waals surface area contributed by atoms with Crippen molar-refractivity contribution in [1.29, 1.82) is 0 Å². The molecule has 2 heteroatoms. The van der Waals surface area contributed by atoms with Crippen LogP contribution in [0.25, 0.3) is 0 Å². The number of benzene rings is 1. The van der Waals surface area contributed by atoms with E-state index in [4.69, 9.17) is 0 Å². The first-order valence-corrected chi connectivity index (χ1v) is 7.97. The lowest BCUT2D eigenvalue weighted by Gasteiger charge is -2.21. The van der Waals surface area contributed by atoms with E-state index in [1.807, 2.05) is 0 Å². The Balaban J connectivity index is 2.42. The third-order valence-electron chi connectivity index (χ3n) is 2.90. The predicted molar refractivity (Wildman–Crippen MR) is 76.0 cm³/mol. The van der Waals surface area contributed by atoms with Crippen LogP contribution in [0.1, 0.15) is 39.5 Å². The highest BCUT2D eigenvalue weighted by molar-refractivity contribution is 6.50. The van der Waals surface area contributed by atoms with E-state index in [9.17, 15) is 0 Å². The molecule has 0 saturated carbocycles. The molecule has 0 aliphatic rings. The SMILES string of the molecule is CCCCN(CCCC)[SiH2]c1ccccc1. The van der Waals surface area contributed by atoms with Gasteiger partial charge in [0, 0.05) is 0 Å². The third-order valence-corrected chi connectivity index (χ3v) is 4.82. The fourth-order valence-electron chi connectivity index (χ4n) is 1.87. The lowest BCUT2D eigenvalue weighted by Crippen LogP contribution is -2.37. The second-order valence-electron chi connectivity index (χ2n) is 4.47. The Kier molecular flexibility index (Phi) is 7.18. The van der Waals surface area contributed by atoms with Gasteiger partial charge in [0.05, 0.1) is 0 Å². The minimum Gasteiger partial charge on any atom is -0.325 e. The summed E-state index contributed by atoms with van der Waals surface area (Å²) in [5.74, 6) is 0. The Hall–Kier alpha value is -0.603. The van der Waals surface area contributed by atoms with Gasteiger partial charge in [-0.25, -0.2) is 0 Å². The van der Waals surface area contributed by atoms with Crippen LogP contribution in [0.2, 0.25) is 0 Å². The zero-order chi connectivity index (χ0) is 11.6. The number of hydrogen-bond donors (Lipinski definition) is 0. The van der Waals surface area contributed by atoms with Gasteiger partial charge < -0.3 is 4.57 Å². The van der Waals surface area contributed by atoms with Crippen molar-refractivity contribution in [3.05, 3.63) is 30.3 Å². The molecule has 0 atom stereocenters. The fourth-order valence-corrected chi connectivity index (χ4v) is 3.64. The lowest BCUT2D eigenvalue weighted by molar-refractivity contribution is 0.423. The van der Waals surface area contributed by atoms with Gasteiger partial charge >= 0.3 is 0 Å². The summed E-state index contributed by atoms with van der Waals surface area (Å²) in [5, 5.41) is 1.58. The van der Waals surface area contributed by atoms with E-state index in [1.54, 1.807) is 5.19 Å². The predicted octanol–water partition coefficient (Wildman–Crippen LogP) is 2.30. The van der Waals surface area contributed by atoms with Crippen molar-refractivity contribution in [2.45, 2.75) is 39.5 Å². The molecule has 90 valence electrons. The summed E-state index contributed by atoms with van der Waals surface area (Å²) in [5.41, 5.74) is 0. The minimum absolute atomic E-state index is 0.205. The van der Waals surface area contributed by atoms with Crippen molar-refractivity contribution in [2.75, 3.05) is 13.1 Å². The maximum absolute atomic E-state index is 2.72. The topological polar surface area (TPSA) is 3.24 Å². The summed E-state index contributed by atoms with van der Waals surface area (Å²) in [6, 6.07) is 11.0. The van der Waals surface area contributed by atoms with Gasteiger partial charge in [-0.1, -0.05) is 57.0 Å². The number of hydrogen-bond acceptors (Lipinski definition) is 1. The molecule has 0 bridgehead atoms. The number of unbranched alkanes of at least 4 members (excludes halogenated alkanes) is 2. The summed E-state index contributed by atoms with van der Waals surface area (Å²) in [6.45, 7) is 7.17. The second kappa shape index (κ2) is 8.54. The third kappa shape index (κ3) is 5.47. The van der Waals surface area contributed by atoms with Crippen LogP contribution in [0.3, 0.4) is 0 Å². The summed E-state index contributed by atoms with van der Waals surface area (Å²) in [4.78, 5) is 0. The summed E-state index contributed by atoms with van der Waals surface area (Å²) in [7, 11) is -0.205. The van der Waals surface area contributed by atoms with Crippen LogP contribution in [-0.2, 0) is 0 Å². The molecule has 0 aliphatic carbocycles. The van der Waals surface area contributed by atoms with Gasteiger partial charge in [0.2, 0.25) is 0 Å². The molecule has 0 fully saturated rings. The fraction of sp³-hybridized carbons (Fsp3) is 0.571. The van der Waals surface area contributed by atoms with E-state index in [2.05, 4.69) is 48.7 Å². The highest BCUT2D eigenvalue weighted by Gasteiger charge is 2.04. The van der Waals surface area contributed by atoms with Crippen molar-refractivity contribution in [3.8, 4) is 0 Å². The van der Waals surface area contributed by atoms with E-state index >= 15 is 0 Å². The van der Waals surface area contributed by atoms with Gasteiger partial charge in [0.15, 0.2) is 0 Å².